The van der Waals surface area contributed by atoms with Crippen LogP contribution >= 0.6 is 11.3 Å². The molecule has 0 radical (unpaired) electrons. The topological polar surface area (TPSA) is 43.6 Å². The van der Waals surface area contributed by atoms with Crippen LogP contribution in [0.2, 0.25) is 0 Å². The standard InChI is InChI=1S/C22H24F2N2O2S/c1-5-28-11-10-26-19-17(24)12-16(23)13-18(19)29-21(26)25-20(27)14-6-8-15(9-7-14)22(2,3)4/h6-9,12-13H,5,10-11H2,1-4H3. The normalized spacial score (nSPS) is 12.7. The zero-order valence-electron chi connectivity index (χ0n) is 17.0. The van der Waals surface area contributed by atoms with E-state index in [0.717, 1.165) is 23.0 Å². The number of carbonyl (C=O) groups is 1. The van der Waals surface area contributed by atoms with E-state index in [1.54, 1.807) is 16.7 Å². The molecule has 0 aliphatic heterocycles. The quantitative estimate of drug-likeness (QED) is 0.544. The Kier molecular flexibility index (Phi) is 6.29. The highest BCUT2D eigenvalue weighted by molar-refractivity contribution is 7.16. The maximum atomic E-state index is 14.4. The second-order valence-corrected chi connectivity index (χ2v) is 8.72. The highest BCUT2D eigenvalue weighted by Crippen LogP contribution is 2.24. The molecule has 3 aromatic rings. The van der Waals surface area contributed by atoms with Crippen molar-refractivity contribution < 1.29 is 18.3 Å². The number of thiazole rings is 1. The Balaban J connectivity index is 2.05. The van der Waals surface area contributed by atoms with Crippen molar-refractivity contribution in [3.63, 3.8) is 0 Å². The summed E-state index contributed by atoms with van der Waals surface area (Å²) in [6, 6.07) is 9.39. The largest absolute Gasteiger partial charge is 0.380 e. The highest BCUT2D eigenvalue weighted by Gasteiger charge is 2.16. The fraction of sp³-hybridized carbons (Fsp3) is 0.364. The maximum Gasteiger partial charge on any atom is 0.279 e. The SMILES string of the molecule is CCOCCn1c(=NC(=O)c2ccc(C(C)(C)C)cc2)sc2cc(F)cc(F)c21. The van der Waals surface area contributed by atoms with Gasteiger partial charge in [-0.15, -0.1) is 0 Å². The molecule has 1 aromatic heterocycles. The fourth-order valence-electron chi connectivity index (χ4n) is 2.99. The van der Waals surface area contributed by atoms with Crippen molar-refractivity contribution in [2.24, 2.45) is 4.99 Å². The first-order valence-electron chi connectivity index (χ1n) is 9.46. The van der Waals surface area contributed by atoms with Gasteiger partial charge < -0.3 is 9.30 Å². The van der Waals surface area contributed by atoms with Crippen molar-refractivity contribution in [1.29, 1.82) is 0 Å². The third-order valence-electron chi connectivity index (χ3n) is 4.55. The molecule has 154 valence electrons. The van der Waals surface area contributed by atoms with Crippen LogP contribution in [0.4, 0.5) is 8.78 Å². The smallest absolute Gasteiger partial charge is 0.279 e. The summed E-state index contributed by atoms with van der Waals surface area (Å²) in [4.78, 5) is 17.2. The molecule has 0 saturated heterocycles. The molecular formula is C22H24F2N2O2S. The van der Waals surface area contributed by atoms with Crippen molar-refractivity contribution in [3.8, 4) is 0 Å². The van der Waals surface area contributed by atoms with Crippen LogP contribution in [-0.2, 0) is 16.7 Å². The van der Waals surface area contributed by atoms with Gasteiger partial charge in [-0.05, 0) is 36.1 Å². The van der Waals surface area contributed by atoms with Gasteiger partial charge in [-0.3, -0.25) is 4.79 Å². The monoisotopic (exact) mass is 418 g/mol. The first-order chi connectivity index (χ1) is 13.7. The van der Waals surface area contributed by atoms with E-state index < -0.39 is 17.5 Å². The van der Waals surface area contributed by atoms with Crippen LogP contribution in [0, 0.1) is 11.6 Å². The summed E-state index contributed by atoms with van der Waals surface area (Å²) in [5, 5.41) is 0. The van der Waals surface area contributed by atoms with E-state index in [9.17, 15) is 13.6 Å². The minimum Gasteiger partial charge on any atom is -0.380 e. The zero-order chi connectivity index (χ0) is 21.2. The molecule has 0 aliphatic carbocycles. The number of nitrogens with zero attached hydrogens (tertiary/aromatic N) is 2. The predicted octanol–water partition coefficient (Wildman–Crippen LogP) is 5.06. The van der Waals surface area contributed by atoms with Crippen molar-refractivity contribution in [3.05, 3.63) is 64.0 Å². The van der Waals surface area contributed by atoms with Gasteiger partial charge in [0.05, 0.1) is 16.8 Å². The lowest BCUT2D eigenvalue weighted by Crippen LogP contribution is -2.20. The average Bonchev–Trinajstić information content (AvgIpc) is 2.98. The first-order valence-corrected chi connectivity index (χ1v) is 10.3. The molecule has 4 nitrogen and oxygen atoms in total. The molecule has 1 amide bonds. The number of hydrogen-bond donors (Lipinski definition) is 0. The molecule has 0 atom stereocenters. The minimum absolute atomic E-state index is 0.0197. The molecule has 0 aliphatic rings. The lowest BCUT2D eigenvalue weighted by Gasteiger charge is -2.18. The van der Waals surface area contributed by atoms with E-state index in [2.05, 4.69) is 25.8 Å². The summed E-state index contributed by atoms with van der Waals surface area (Å²) in [7, 11) is 0. The van der Waals surface area contributed by atoms with Crippen molar-refractivity contribution >= 4 is 27.5 Å². The van der Waals surface area contributed by atoms with Crippen LogP contribution in [0.5, 0.6) is 0 Å². The average molecular weight is 419 g/mol. The Bertz CT molecular complexity index is 1090. The maximum absolute atomic E-state index is 14.4. The van der Waals surface area contributed by atoms with Gasteiger partial charge in [0.25, 0.3) is 5.91 Å². The second-order valence-electron chi connectivity index (χ2n) is 7.71. The highest BCUT2D eigenvalue weighted by atomic mass is 32.1. The summed E-state index contributed by atoms with van der Waals surface area (Å²) in [5.74, 6) is -1.77. The van der Waals surface area contributed by atoms with Crippen LogP contribution in [0.1, 0.15) is 43.6 Å². The Morgan fingerprint density at radius 3 is 2.48 bits per heavy atom. The number of ether oxygens (including phenoxy) is 1. The van der Waals surface area contributed by atoms with Gasteiger partial charge >= 0.3 is 0 Å². The van der Waals surface area contributed by atoms with Gasteiger partial charge in [0.2, 0.25) is 0 Å². The van der Waals surface area contributed by atoms with Gasteiger partial charge in [0.1, 0.15) is 5.82 Å². The predicted molar refractivity (Wildman–Crippen MR) is 111 cm³/mol. The number of amides is 1. The molecule has 0 fully saturated rings. The first kappa shape index (κ1) is 21.3. The van der Waals surface area contributed by atoms with Crippen molar-refractivity contribution in [1.82, 2.24) is 4.57 Å². The van der Waals surface area contributed by atoms with Crippen molar-refractivity contribution in [2.45, 2.75) is 39.7 Å². The molecule has 3 rings (SSSR count). The van der Waals surface area contributed by atoms with E-state index in [-0.39, 0.29) is 10.9 Å². The minimum atomic E-state index is -0.684. The van der Waals surface area contributed by atoms with E-state index in [1.807, 2.05) is 19.1 Å². The number of rotatable bonds is 5. The molecule has 2 aromatic carbocycles. The molecule has 0 bridgehead atoms. The van der Waals surface area contributed by atoms with Gasteiger partial charge in [0.15, 0.2) is 10.6 Å². The van der Waals surface area contributed by atoms with Gasteiger partial charge in [-0.2, -0.15) is 4.99 Å². The van der Waals surface area contributed by atoms with Gasteiger partial charge in [-0.1, -0.05) is 44.2 Å². The number of hydrogen-bond acceptors (Lipinski definition) is 3. The molecule has 0 saturated carbocycles. The van der Waals surface area contributed by atoms with E-state index in [0.29, 0.717) is 34.8 Å². The number of benzene rings is 2. The van der Waals surface area contributed by atoms with Gasteiger partial charge in [-0.25, -0.2) is 8.78 Å². The molecule has 0 N–H and O–H groups in total. The third kappa shape index (κ3) is 4.79. The molecule has 7 heteroatoms. The van der Waals surface area contributed by atoms with E-state index in [4.69, 9.17) is 4.74 Å². The fourth-order valence-corrected chi connectivity index (χ4v) is 4.08. The number of aromatic nitrogens is 1. The lowest BCUT2D eigenvalue weighted by atomic mass is 9.87. The van der Waals surface area contributed by atoms with Crippen LogP contribution in [0.15, 0.2) is 41.4 Å². The van der Waals surface area contributed by atoms with Crippen LogP contribution in [0.3, 0.4) is 0 Å². The van der Waals surface area contributed by atoms with Crippen LogP contribution < -0.4 is 4.80 Å². The summed E-state index contributed by atoms with van der Waals surface area (Å²) in [6.07, 6.45) is 0. The third-order valence-corrected chi connectivity index (χ3v) is 5.58. The van der Waals surface area contributed by atoms with E-state index >= 15 is 0 Å². The summed E-state index contributed by atoms with van der Waals surface area (Å²) in [5.41, 5.74) is 1.76. The molecule has 0 spiro atoms. The molecule has 1 heterocycles. The molecule has 29 heavy (non-hydrogen) atoms. The lowest BCUT2D eigenvalue weighted by molar-refractivity contribution is 0.0996. The molecule has 0 unspecified atom stereocenters. The van der Waals surface area contributed by atoms with Gasteiger partial charge in [0, 0.05) is 24.8 Å². The zero-order valence-corrected chi connectivity index (χ0v) is 17.8. The Morgan fingerprint density at radius 1 is 1.17 bits per heavy atom. The van der Waals surface area contributed by atoms with Crippen LogP contribution in [0.25, 0.3) is 10.2 Å². The Labute approximate surface area is 172 Å². The molecular weight excluding hydrogens is 394 g/mol. The summed E-state index contributed by atoms with van der Waals surface area (Å²) in [6.45, 7) is 9.32. The Morgan fingerprint density at radius 2 is 1.86 bits per heavy atom. The number of fused-ring (bicyclic) bond motifs is 1. The van der Waals surface area contributed by atoms with Crippen molar-refractivity contribution in [2.75, 3.05) is 13.2 Å². The number of carbonyl (C=O) groups excluding carboxylic acids is 1. The Hall–Kier alpha value is -2.38. The van der Waals surface area contributed by atoms with E-state index in [1.165, 1.54) is 6.07 Å². The summed E-state index contributed by atoms with van der Waals surface area (Å²) >= 11 is 1.08. The van der Waals surface area contributed by atoms with Crippen LogP contribution in [-0.4, -0.2) is 23.7 Å². The number of halogens is 2. The second kappa shape index (κ2) is 8.55. The summed E-state index contributed by atoms with van der Waals surface area (Å²) < 4.78 is 35.4.